The van der Waals surface area contributed by atoms with Crippen molar-refractivity contribution in [2.24, 2.45) is 0 Å². The van der Waals surface area contributed by atoms with Crippen molar-refractivity contribution in [1.82, 2.24) is 26.6 Å². The van der Waals surface area contributed by atoms with Crippen LogP contribution in [-0.4, -0.2) is 212 Å². The summed E-state index contributed by atoms with van der Waals surface area (Å²) in [4.78, 5) is 99.8. The lowest BCUT2D eigenvalue weighted by molar-refractivity contribution is -0.310. The molecule has 0 unspecified atom stereocenters. The van der Waals surface area contributed by atoms with Gasteiger partial charge in [0.1, 0.15) is 24.4 Å². The Kier molecular flexibility index (Phi) is 28.8. The molecular weight excluding hydrogens is 1150 g/mol. The molecule has 0 bridgehead atoms. The number of ketones is 1. The van der Waals surface area contributed by atoms with Crippen LogP contribution in [0, 0.1) is 0 Å². The van der Waals surface area contributed by atoms with Crippen LogP contribution >= 0.6 is 23.5 Å². The molecule has 2 aliphatic rings. The van der Waals surface area contributed by atoms with Crippen molar-refractivity contribution in [3.8, 4) is 0 Å². The minimum absolute atomic E-state index is 0.0142. The maximum Gasteiger partial charge on any atom is 0.364 e. The Morgan fingerprint density at radius 2 is 1.09 bits per heavy atom. The van der Waals surface area contributed by atoms with E-state index >= 15 is 0 Å². The van der Waals surface area contributed by atoms with Gasteiger partial charge in [-0.3, -0.25) is 33.6 Å². The normalized spacial score (nSPS) is 23.7. The zero-order valence-corrected chi connectivity index (χ0v) is 48.8. The topological polar surface area (TPSA) is 375 Å². The monoisotopic (exact) mass is 1220 g/mol. The summed E-state index contributed by atoms with van der Waals surface area (Å²) in [6.45, 7) is 1.57. The van der Waals surface area contributed by atoms with Crippen LogP contribution in [0.1, 0.15) is 84.2 Å². The van der Waals surface area contributed by atoms with Gasteiger partial charge in [0.15, 0.2) is 12.1 Å². The van der Waals surface area contributed by atoms with E-state index in [1.807, 2.05) is 12.1 Å². The van der Waals surface area contributed by atoms with E-state index in [0.717, 1.165) is 18.1 Å². The molecule has 2 saturated heterocycles. The number of aldehydes is 1. The highest BCUT2D eigenvalue weighted by molar-refractivity contribution is 7.99. The molecule has 26 heteroatoms. The number of Topliss-reactive ketones (excluding diaryl/α,β-unsaturated/α-hetero) is 1. The van der Waals surface area contributed by atoms with Crippen molar-refractivity contribution in [3.05, 3.63) is 119 Å². The average Bonchev–Trinajstić information content (AvgIpc) is 3.47. The summed E-state index contributed by atoms with van der Waals surface area (Å²) in [6.07, 6.45) is -6.86. The second-order valence-electron chi connectivity index (χ2n) is 20.2. The SMILES string of the molecule is CC(=O)N[C@H]1[C@H]([C@H](O)[C@H](O)CNC(=O)/C=C/c2ccccc2)O[C@](C=O)(OCCCSCCNC(=O)c2ccc(C(=O)CCCSCCCO[C@]3(C(=O)O)C[C@H](O)[C@@H](NC(C)=O)[C@H]([C@H](O)[C@H](O)CNC(=O)/C=C/c4ccccc4)O3)cc2)C[C@@H]1O. The van der Waals surface area contributed by atoms with Crippen LogP contribution in [0.4, 0.5) is 0 Å². The third-order valence-corrected chi connectivity index (χ3v) is 15.8. The van der Waals surface area contributed by atoms with Gasteiger partial charge in [-0.25, -0.2) is 4.79 Å². The molecular formula is C59H77N5O19S2. The smallest absolute Gasteiger partial charge is 0.364 e. The minimum Gasteiger partial charge on any atom is -0.477 e. The van der Waals surface area contributed by atoms with E-state index < -0.39 is 122 Å². The highest BCUT2D eigenvalue weighted by atomic mass is 32.2. The van der Waals surface area contributed by atoms with Gasteiger partial charge in [0.05, 0.1) is 49.7 Å². The molecule has 85 heavy (non-hydrogen) atoms. The van der Waals surface area contributed by atoms with E-state index in [2.05, 4.69) is 26.6 Å². The fraction of sp³-hybridized carbons (Fsp3) is 0.492. The lowest BCUT2D eigenvalue weighted by Gasteiger charge is -2.46. The molecule has 12 N–H and O–H groups in total. The van der Waals surface area contributed by atoms with Crippen molar-refractivity contribution in [2.75, 3.05) is 55.9 Å². The van der Waals surface area contributed by atoms with Crippen LogP contribution in [0.25, 0.3) is 12.2 Å². The molecule has 3 aromatic carbocycles. The summed E-state index contributed by atoms with van der Waals surface area (Å²) in [6, 6.07) is 21.6. The van der Waals surface area contributed by atoms with E-state index in [9.17, 15) is 74.1 Å². The largest absolute Gasteiger partial charge is 0.477 e. The summed E-state index contributed by atoms with van der Waals surface area (Å²) in [7, 11) is 0. The van der Waals surface area contributed by atoms with Gasteiger partial charge < -0.3 is 81.3 Å². The number of amides is 5. The van der Waals surface area contributed by atoms with Crippen LogP contribution in [0.2, 0.25) is 0 Å². The van der Waals surface area contributed by atoms with Gasteiger partial charge in [-0.2, -0.15) is 23.5 Å². The van der Waals surface area contributed by atoms with Gasteiger partial charge in [0, 0.05) is 81.8 Å². The molecule has 24 nitrogen and oxygen atoms in total. The third-order valence-electron chi connectivity index (χ3n) is 13.5. The number of aliphatic hydroxyl groups excluding tert-OH is 6. The van der Waals surface area contributed by atoms with E-state index in [1.165, 1.54) is 42.6 Å². The van der Waals surface area contributed by atoms with Gasteiger partial charge in [-0.1, -0.05) is 72.8 Å². The zero-order valence-electron chi connectivity index (χ0n) is 47.2. The number of aliphatic hydroxyl groups is 6. The Labute approximate surface area is 500 Å². The fourth-order valence-electron chi connectivity index (χ4n) is 9.15. The van der Waals surface area contributed by atoms with E-state index in [-0.39, 0.29) is 37.7 Å². The van der Waals surface area contributed by atoms with Crippen LogP contribution in [0.5, 0.6) is 0 Å². The number of benzene rings is 3. The number of aliphatic carboxylic acids is 1. The standard InChI is InChI=1S/C59H77N5O19S2/c1-37(66)63-50-44(69)32-58(36-65,82-54(50)52(75)46(71)34-61-48(73)23-17-39-12-5-3-6-13-39)80-26-10-30-85-31-25-60-56(77)42-21-19-41(20-22-42)43(68)16-9-28-84-29-11-27-81-59(57(78)79)33-45(70)51(64-38(2)67)55(83-59)53(76)47(72)35-62-49(74)24-18-40-14-7-4-8-15-40/h3-8,12-15,17-24,36,44-47,50-55,69-72,75-76H,9-11,16,25-35H2,1-2H3,(H,60,77)(H,61,73)(H,62,74)(H,63,66)(H,64,67)(H,78,79)/b23-17+,24-18+/t44-,45-,46+,47+,50+,51+,52+,53+,54+,55+,58+,59+/m0/s1. The highest BCUT2D eigenvalue weighted by Gasteiger charge is 2.56. The number of carbonyl (C=O) groups excluding carboxylic acids is 7. The molecule has 3 aromatic rings. The Morgan fingerprint density at radius 3 is 1.60 bits per heavy atom. The quantitative estimate of drug-likeness (QED) is 0.0167. The number of ether oxygens (including phenoxy) is 4. The second kappa shape index (κ2) is 35.3. The highest BCUT2D eigenvalue weighted by Crippen LogP contribution is 2.35. The van der Waals surface area contributed by atoms with Crippen LogP contribution in [0.15, 0.2) is 97.1 Å². The van der Waals surface area contributed by atoms with E-state index in [0.29, 0.717) is 66.2 Å². The van der Waals surface area contributed by atoms with Gasteiger partial charge in [-0.15, -0.1) is 0 Å². The second-order valence-corrected chi connectivity index (χ2v) is 22.7. The molecule has 12 atom stereocenters. The predicted molar refractivity (Wildman–Crippen MR) is 314 cm³/mol. The summed E-state index contributed by atoms with van der Waals surface area (Å²) in [5.41, 5.74) is 2.29. The molecule has 0 aliphatic carbocycles. The number of hydrogen-bond acceptors (Lipinski definition) is 20. The predicted octanol–water partition coefficient (Wildman–Crippen LogP) is 0.747. The number of carboxylic acids is 1. The van der Waals surface area contributed by atoms with Crippen molar-refractivity contribution in [3.63, 3.8) is 0 Å². The van der Waals surface area contributed by atoms with Gasteiger partial charge in [0.2, 0.25) is 29.4 Å². The van der Waals surface area contributed by atoms with Crippen LogP contribution in [-0.2, 0) is 47.7 Å². The van der Waals surface area contributed by atoms with Crippen LogP contribution in [0.3, 0.4) is 0 Å². The van der Waals surface area contributed by atoms with Crippen molar-refractivity contribution < 1.29 is 93.0 Å². The molecule has 0 radical (unpaired) electrons. The Morgan fingerprint density at radius 1 is 0.624 bits per heavy atom. The van der Waals surface area contributed by atoms with Gasteiger partial charge in [0.25, 0.3) is 11.7 Å². The molecule has 2 aliphatic heterocycles. The van der Waals surface area contributed by atoms with Crippen molar-refractivity contribution >= 4 is 83.3 Å². The summed E-state index contributed by atoms with van der Waals surface area (Å²) < 4.78 is 23.3. The summed E-state index contributed by atoms with van der Waals surface area (Å²) in [5.74, 6) is -6.78. The first-order valence-corrected chi connectivity index (χ1v) is 30.0. The number of thioether (sulfide) groups is 2. The molecule has 5 amide bonds. The Bertz CT molecular complexity index is 2710. The first kappa shape index (κ1) is 69.4. The minimum atomic E-state index is -2.46. The fourth-order valence-corrected chi connectivity index (χ4v) is 10.8. The molecule has 464 valence electrons. The molecule has 2 heterocycles. The van der Waals surface area contributed by atoms with Gasteiger partial charge in [-0.05, 0) is 71.9 Å². The lowest BCUT2D eigenvalue weighted by atomic mass is 9.88. The van der Waals surface area contributed by atoms with Gasteiger partial charge >= 0.3 is 5.97 Å². The van der Waals surface area contributed by atoms with E-state index in [4.69, 9.17) is 18.9 Å². The first-order chi connectivity index (χ1) is 40.7. The number of rotatable bonds is 35. The molecule has 0 aromatic heterocycles. The third kappa shape index (κ3) is 22.4. The van der Waals surface area contributed by atoms with Crippen LogP contribution < -0.4 is 26.6 Å². The lowest BCUT2D eigenvalue weighted by Crippen LogP contribution is -2.68. The zero-order chi connectivity index (χ0) is 61.9. The van der Waals surface area contributed by atoms with Crippen molar-refractivity contribution in [2.45, 2.75) is 125 Å². The maximum atomic E-state index is 13.0. The number of carboxylic acid groups (broad SMARTS) is 1. The summed E-state index contributed by atoms with van der Waals surface area (Å²) in [5, 5.41) is 89.0. The Hall–Kier alpha value is -6.40. The van der Waals surface area contributed by atoms with Crippen molar-refractivity contribution in [1.29, 1.82) is 0 Å². The number of nitrogens with one attached hydrogen (secondary N) is 5. The molecule has 2 fully saturated rings. The van der Waals surface area contributed by atoms with E-state index in [1.54, 1.807) is 84.9 Å². The Balaban J connectivity index is 0.965. The molecule has 0 spiro atoms. The maximum absolute atomic E-state index is 13.0. The summed E-state index contributed by atoms with van der Waals surface area (Å²) >= 11 is 2.98. The molecule has 0 saturated carbocycles. The first-order valence-electron chi connectivity index (χ1n) is 27.7. The molecule has 5 rings (SSSR count). The number of hydrogen-bond donors (Lipinski definition) is 12. The average molecular weight is 1220 g/mol. The number of carbonyl (C=O) groups is 8.